The Morgan fingerprint density at radius 1 is 1.25 bits per heavy atom. The molecule has 1 N–H and O–H groups in total. The van der Waals surface area contributed by atoms with Gasteiger partial charge in [-0.1, -0.05) is 6.92 Å². The third-order valence-electron chi connectivity index (χ3n) is 4.60. The van der Waals surface area contributed by atoms with E-state index in [0.29, 0.717) is 12.1 Å². The van der Waals surface area contributed by atoms with Gasteiger partial charge in [-0.25, -0.2) is 0 Å². The summed E-state index contributed by atoms with van der Waals surface area (Å²) in [5.41, 5.74) is 1.33. The molecule has 2 heterocycles. The summed E-state index contributed by atoms with van der Waals surface area (Å²) in [5, 5.41) is 3.77. The second-order valence-corrected chi connectivity index (χ2v) is 6.14. The highest BCUT2D eigenvalue weighted by molar-refractivity contribution is 5.14. The highest BCUT2D eigenvalue weighted by atomic mass is 15.1. The first-order valence-electron chi connectivity index (χ1n) is 8.09. The predicted molar refractivity (Wildman–Crippen MR) is 84.7 cm³/mol. The molecule has 1 aromatic rings. The van der Waals surface area contributed by atoms with Crippen LogP contribution >= 0.6 is 0 Å². The zero-order chi connectivity index (χ0) is 14.4. The molecule has 20 heavy (non-hydrogen) atoms. The van der Waals surface area contributed by atoms with Gasteiger partial charge >= 0.3 is 0 Å². The smallest absolute Gasteiger partial charge is 0.0295 e. The van der Waals surface area contributed by atoms with Crippen LogP contribution in [0.4, 0.5) is 0 Å². The van der Waals surface area contributed by atoms with Gasteiger partial charge in [0.25, 0.3) is 0 Å². The van der Waals surface area contributed by atoms with Crippen molar-refractivity contribution < 1.29 is 0 Å². The first-order valence-corrected chi connectivity index (χ1v) is 8.09. The van der Waals surface area contributed by atoms with Crippen molar-refractivity contribution in [2.45, 2.75) is 52.1 Å². The first kappa shape index (κ1) is 15.5. The molecule has 1 fully saturated rings. The second kappa shape index (κ2) is 7.75. The Balaban J connectivity index is 1.79. The zero-order valence-electron chi connectivity index (χ0n) is 13.2. The van der Waals surface area contributed by atoms with Crippen LogP contribution in [0.25, 0.3) is 0 Å². The lowest BCUT2D eigenvalue weighted by Crippen LogP contribution is -2.42. The number of aromatic nitrogens is 1. The minimum absolute atomic E-state index is 0.404. The summed E-state index contributed by atoms with van der Waals surface area (Å²) in [6.07, 6.45) is 7.69. The summed E-state index contributed by atoms with van der Waals surface area (Å²) < 4.78 is 0. The normalized spacial score (nSPS) is 20.8. The number of rotatable bonds is 6. The summed E-state index contributed by atoms with van der Waals surface area (Å²) in [6, 6.07) is 5.20. The van der Waals surface area contributed by atoms with Crippen LogP contribution in [0.15, 0.2) is 24.5 Å². The van der Waals surface area contributed by atoms with Crippen LogP contribution in [0.2, 0.25) is 0 Å². The topological polar surface area (TPSA) is 28.2 Å². The molecule has 0 spiro atoms. The molecule has 1 aliphatic rings. The van der Waals surface area contributed by atoms with Crippen LogP contribution < -0.4 is 5.32 Å². The van der Waals surface area contributed by atoms with Crippen LogP contribution in [0.1, 0.15) is 51.6 Å². The summed E-state index contributed by atoms with van der Waals surface area (Å²) in [5.74, 6) is 0.812. The number of hydrogen-bond donors (Lipinski definition) is 1. The van der Waals surface area contributed by atoms with Crippen LogP contribution in [-0.4, -0.2) is 35.6 Å². The highest BCUT2D eigenvalue weighted by Gasteiger charge is 2.24. The standard InChI is InChI=1S/C17H29N3/c1-4-11-20-12-7-17(8-13-20)15(3)19-14(2)16-5-9-18-10-6-16/h5-6,9-10,14-15,17,19H,4,7-8,11-13H2,1-3H3. The van der Waals surface area contributed by atoms with Gasteiger partial charge in [0.15, 0.2) is 0 Å². The van der Waals surface area contributed by atoms with E-state index in [9.17, 15) is 0 Å². The average Bonchev–Trinajstić information content (AvgIpc) is 2.49. The third kappa shape index (κ3) is 4.29. The molecule has 1 aromatic heterocycles. The van der Waals surface area contributed by atoms with E-state index in [1.165, 1.54) is 44.5 Å². The Bertz CT molecular complexity index is 371. The fraction of sp³-hybridized carbons (Fsp3) is 0.706. The maximum absolute atomic E-state index is 4.09. The second-order valence-electron chi connectivity index (χ2n) is 6.14. The van der Waals surface area contributed by atoms with E-state index >= 15 is 0 Å². The molecule has 1 aliphatic heterocycles. The van der Waals surface area contributed by atoms with E-state index in [-0.39, 0.29) is 0 Å². The number of pyridine rings is 1. The minimum Gasteiger partial charge on any atom is -0.307 e. The monoisotopic (exact) mass is 275 g/mol. The predicted octanol–water partition coefficient (Wildman–Crippen LogP) is 3.24. The van der Waals surface area contributed by atoms with Crippen molar-refractivity contribution in [2.75, 3.05) is 19.6 Å². The van der Waals surface area contributed by atoms with E-state index in [0.717, 1.165) is 5.92 Å². The highest BCUT2D eigenvalue weighted by Crippen LogP contribution is 2.23. The van der Waals surface area contributed by atoms with Crippen molar-refractivity contribution in [3.8, 4) is 0 Å². The van der Waals surface area contributed by atoms with Gasteiger partial charge in [-0.3, -0.25) is 4.98 Å². The van der Waals surface area contributed by atoms with Crippen molar-refractivity contribution in [3.63, 3.8) is 0 Å². The Hall–Kier alpha value is -0.930. The molecule has 0 aliphatic carbocycles. The van der Waals surface area contributed by atoms with Crippen LogP contribution in [0.5, 0.6) is 0 Å². The summed E-state index contributed by atoms with van der Waals surface area (Å²) in [4.78, 5) is 6.70. The maximum Gasteiger partial charge on any atom is 0.0295 e. The van der Waals surface area contributed by atoms with Crippen molar-refractivity contribution in [3.05, 3.63) is 30.1 Å². The molecular weight excluding hydrogens is 246 g/mol. The summed E-state index contributed by atoms with van der Waals surface area (Å²) in [7, 11) is 0. The average molecular weight is 275 g/mol. The Labute approximate surface area is 123 Å². The fourth-order valence-electron chi connectivity index (χ4n) is 3.27. The first-order chi connectivity index (χ1) is 9.70. The molecule has 0 bridgehead atoms. The van der Waals surface area contributed by atoms with Gasteiger partial charge in [-0.15, -0.1) is 0 Å². The van der Waals surface area contributed by atoms with E-state index in [1.807, 2.05) is 12.4 Å². The van der Waals surface area contributed by atoms with Crippen LogP contribution in [0, 0.1) is 5.92 Å². The molecule has 1 saturated heterocycles. The van der Waals surface area contributed by atoms with E-state index in [1.54, 1.807) is 0 Å². The van der Waals surface area contributed by atoms with Gasteiger partial charge in [0.1, 0.15) is 0 Å². The van der Waals surface area contributed by atoms with Gasteiger partial charge in [-0.2, -0.15) is 0 Å². The molecule has 2 unspecified atom stereocenters. The summed E-state index contributed by atoms with van der Waals surface area (Å²) in [6.45, 7) is 10.7. The van der Waals surface area contributed by atoms with Gasteiger partial charge < -0.3 is 10.2 Å². The summed E-state index contributed by atoms with van der Waals surface area (Å²) >= 11 is 0. The van der Waals surface area contributed by atoms with Crippen molar-refractivity contribution >= 4 is 0 Å². The number of hydrogen-bond acceptors (Lipinski definition) is 3. The third-order valence-corrected chi connectivity index (χ3v) is 4.60. The van der Waals surface area contributed by atoms with Crippen molar-refractivity contribution in [2.24, 2.45) is 5.92 Å². The zero-order valence-corrected chi connectivity index (χ0v) is 13.2. The molecule has 0 radical (unpaired) electrons. The molecule has 0 aromatic carbocycles. The SMILES string of the molecule is CCCN1CCC(C(C)NC(C)c2ccncc2)CC1. The molecule has 2 rings (SSSR count). The van der Waals surface area contributed by atoms with E-state index < -0.39 is 0 Å². The molecule has 0 amide bonds. The van der Waals surface area contributed by atoms with Crippen molar-refractivity contribution in [1.29, 1.82) is 0 Å². The van der Waals surface area contributed by atoms with Crippen LogP contribution in [-0.2, 0) is 0 Å². The quantitative estimate of drug-likeness (QED) is 0.864. The number of nitrogens with one attached hydrogen (secondary N) is 1. The Morgan fingerprint density at radius 2 is 1.90 bits per heavy atom. The van der Waals surface area contributed by atoms with Crippen molar-refractivity contribution in [1.82, 2.24) is 15.2 Å². The number of likely N-dealkylation sites (tertiary alicyclic amines) is 1. The minimum atomic E-state index is 0.404. The number of nitrogens with zero attached hydrogens (tertiary/aromatic N) is 2. The molecular formula is C17H29N3. The number of piperidine rings is 1. The lowest BCUT2D eigenvalue weighted by Gasteiger charge is -2.36. The maximum atomic E-state index is 4.09. The largest absolute Gasteiger partial charge is 0.307 e. The molecule has 2 atom stereocenters. The lowest BCUT2D eigenvalue weighted by molar-refractivity contribution is 0.159. The van der Waals surface area contributed by atoms with E-state index in [2.05, 4.69) is 48.1 Å². The van der Waals surface area contributed by atoms with Crippen LogP contribution in [0.3, 0.4) is 0 Å². The Kier molecular flexibility index (Phi) is 5.99. The van der Waals surface area contributed by atoms with Gasteiger partial charge in [0.05, 0.1) is 0 Å². The van der Waals surface area contributed by atoms with Gasteiger partial charge in [0.2, 0.25) is 0 Å². The fourth-order valence-corrected chi connectivity index (χ4v) is 3.27. The molecule has 112 valence electrons. The Morgan fingerprint density at radius 3 is 2.50 bits per heavy atom. The van der Waals surface area contributed by atoms with Gasteiger partial charge in [-0.05, 0) is 76.4 Å². The van der Waals surface area contributed by atoms with Gasteiger partial charge in [0, 0.05) is 24.5 Å². The molecule has 3 heteroatoms. The lowest BCUT2D eigenvalue weighted by atomic mass is 9.89. The molecule has 3 nitrogen and oxygen atoms in total. The van der Waals surface area contributed by atoms with E-state index in [4.69, 9.17) is 0 Å². The molecule has 0 saturated carbocycles.